The molecule has 1 aromatic rings. The summed E-state index contributed by atoms with van der Waals surface area (Å²) in [5, 5.41) is 13.8. The van der Waals surface area contributed by atoms with Crippen molar-refractivity contribution in [1.29, 1.82) is 0 Å². The predicted molar refractivity (Wildman–Crippen MR) is 68.8 cm³/mol. The largest absolute Gasteiger partial charge is 0.478 e. The number of nitrogens with one attached hydrogen (secondary N) is 2. The predicted octanol–water partition coefficient (Wildman–Crippen LogP) is -0.293. The fourth-order valence-corrected chi connectivity index (χ4v) is 1.50. The number of carboxylic acid groups (broad SMARTS) is 1. The Labute approximate surface area is 109 Å². The number of aromatic carboxylic acids is 1. The summed E-state index contributed by atoms with van der Waals surface area (Å²) in [4.78, 5) is 33.5. The summed E-state index contributed by atoms with van der Waals surface area (Å²) in [6, 6.07) is 4.75. The van der Waals surface area contributed by atoms with Gasteiger partial charge in [0.2, 0.25) is 11.8 Å². The molecule has 2 amide bonds. The van der Waals surface area contributed by atoms with Crippen LogP contribution in [0.15, 0.2) is 18.2 Å². The number of hydrogen-bond acceptors (Lipinski definition) is 4. The van der Waals surface area contributed by atoms with Gasteiger partial charge in [0.05, 0.1) is 24.3 Å². The Hall–Kier alpha value is -2.41. The Morgan fingerprint density at radius 3 is 2.53 bits per heavy atom. The van der Waals surface area contributed by atoms with Gasteiger partial charge in [0.1, 0.15) is 0 Å². The molecule has 102 valence electrons. The van der Waals surface area contributed by atoms with E-state index in [1.165, 1.54) is 6.07 Å². The molecule has 5 N–H and O–H groups in total. The highest BCUT2D eigenvalue weighted by molar-refractivity contribution is 6.02. The van der Waals surface area contributed by atoms with Gasteiger partial charge in [-0.25, -0.2) is 4.79 Å². The lowest BCUT2D eigenvalue weighted by atomic mass is 10.1. The number of aryl methyl sites for hydroxylation is 1. The molecule has 0 heterocycles. The number of anilines is 1. The number of nitrogens with two attached hydrogens (primary N) is 1. The van der Waals surface area contributed by atoms with Crippen LogP contribution in [0.2, 0.25) is 0 Å². The van der Waals surface area contributed by atoms with Crippen molar-refractivity contribution in [2.24, 2.45) is 5.73 Å². The molecule has 1 aromatic carbocycles. The van der Waals surface area contributed by atoms with Crippen LogP contribution in [-0.2, 0) is 9.59 Å². The molecule has 19 heavy (non-hydrogen) atoms. The van der Waals surface area contributed by atoms with E-state index in [0.29, 0.717) is 5.56 Å². The Balaban J connectivity index is 2.77. The first-order valence-electron chi connectivity index (χ1n) is 5.55. The summed E-state index contributed by atoms with van der Waals surface area (Å²) in [6.07, 6.45) is 0. The van der Waals surface area contributed by atoms with Gasteiger partial charge in [-0.15, -0.1) is 0 Å². The molecule has 0 aliphatic rings. The van der Waals surface area contributed by atoms with E-state index >= 15 is 0 Å². The molecule has 0 aliphatic carbocycles. The third-order valence-corrected chi connectivity index (χ3v) is 2.39. The van der Waals surface area contributed by atoms with E-state index in [4.69, 9.17) is 10.8 Å². The number of rotatable bonds is 5. The van der Waals surface area contributed by atoms with Crippen molar-refractivity contribution in [3.8, 4) is 0 Å². The summed E-state index contributed by atoms with van der Waals surface area (Å²) in [7, 11) is 0. The van der Waals surface area contributed by atoms with Crippen molar-refractivity contribution in [3.63, 3.8) is 0 Å². The van der Waals surface area contributed by atoms with Crippen molar-refractivity contribution in [2.45, 2.75) is 6.92 Å². The van der Waals surface area contributed by atoms with Crippen molar-refractivity contribution in [1.82, 2.24) is 5.32 Å². The molecular weight excluding hydrogens is 250 g/mol. The zero-order valence-electron chi connectivity index (χ0n) is 10.4. The fraction of sp³-hybridized carbons (Fsp3) is 0.250. The van der Waals surface area contributed by atoms with Gasteiger partial charge in [0.25, 0.3) is 0 Å². The SMILES string of the molecule is Cc1cccc(NC(=O)CNC(=O)CN)c1C(=O)O. The van der Waals surface area contributed by atoms with Crippen LogP contribution in [0.4, 0.5) is 5.69 Å². The topological polar surface area (TPSA) is 122 Å². The lowest BCUT2D eigenvalue weighted by Crippen LogP contribution is -2.36. The molecule has 7 heteroatoms. The van der Waals surface area contributed by atoms with E-state index in [-0.39, 0.29) is 24.3 Å². The van der Waals surface area contributed by atoms with Crippen molar-refractivity contribution in [2.75, 3.05) is 18.4 Å². The van der Waals surface area contributed by atoms with Crippen LogP contribution in [-0.4, -0.2) is 36.0 Å². The molecule has 0 aliphatic heterocycles. The Morgan fingerprint density at radius 1 is 1.26 bits per heavy atom. The average Bonchev–Trinajstić information content (AvgIpc) is 2.35. The van der Waals surface area contributed by atoms with Crippen LogP contribution in [0.1, 0.15) is 15.9 Å². The highest BCUT2D eigenvalue weighted by atomic mass is 16.4. The van der Waals surface area contributed by atoms with Crippen molar-refractivity contribution >= 4 is 23.5 Å². The summed E-state index contributed by atoms with van der Waals surface area (Å²) in [6.45, 7) is 1.16. The standard InChI is InChI=1S/C12H15N3O4/c1-7-3-2-4-8(11(7)12(18)19)15-10(17)6-14-9(16)5-13/h2-4H,5-6,13H2,1H3,(H,14,16)(H,15,17)(H,18,19). The maximum atomic E-state index is 11.6. The highest BCUT2D eigenvalue weighted by Crippen LogP contribution is 2.19. The first-order chi connectivity index (χ1) is 8.95. The summed E-state index contributed by atoms with van der Waals surface area (Å²) in [5.41, 5.74) is 5.83. The van der Waals surface area contributed by atoms with Gasteiger partial charge >= 0.3 is 5.97 Å². The first kappa shape index (κ1) is 14.7. The monoisotopic (exact) mass is 265 g/mol. The van der Waals surface area contributed by atoms with Gasteiger partial charge in [-0.3, -0.25) is 9.59 Å². The zero-order valence-corrected chi connectivity index (χ0v) is 10.4. The second kappa shape index (κ2) is 6.50. The average molecular weight is 265 g/mol. The number of carboxylic acids is 1. The number of amides is 2. The van der Waals surface area contributed by atoms with Crippen LogP contribution in [0.5, 0.6) is 0 Å². The quantitative estimate of drug-likeness (QED) is 0.582. The van der Waals surface area contributed by atoms with Gasteiger partial charge < -0.3 is 21.5 Å². The van der Waals surface area contributed by atoms with Crippen LogP contribution >= 0.6 is 0 Å². The number of carbonyl (C=O) groups excluding carboxylic acids is 2. The fourth-order valence-electron chi connectivity index (χ4n) is 1.50. The summed E-state index contributed by atoms with van der Waals surface area (Å²) in [5.74, 6) is -2.10. The van der Waals surface area contributed by atoms with Gasteiger partial charge in [0.15, 0.2) is 0 Å². The normalized spacial score (nSPS) is 9.79. The van der Waals surface area contributed by atoms with E-state index in [1.807, 2.05) is 0 Å². The smallest absolute Gasteiger partial charge is 0.338 e. The minimum absolute atomic E-state index is 0.0287. The van der Waals surface area contributed by atoms with Crippen molar-refractivity contribution in [3.05, 3.63) is 29.3 Å². The molecule has 1 rings (SSSR count). The van der Waals surface area contributed by atoms with E-state index in [0.717, 1.165) is 0 Å². The summed E-state index contributed by atoms with van der Waals surface area (Å²) >= 11 is 0. The second-order valence-corrected chi connectivity index (χ2v) is 3.83. The number of carbonyl (C=O) groups is 3. The van der Waals surface area contributed by atoms with Gasteiger partial charge in [-0.2, -0.15) is 0 Å². The van der Waals surface area contributed by atoms with E-state index < -0.39 is 17.8 Å². The molecule has 0 unspecified atom stereocenters. The molecule has 7 nitrogen and oxygen atoms in total. The van der Waals surface area contributed by atoms with Gasteiger partial charge in [0, 0.05) is 0 Å². The third-order valence-electron chi connectivity index (χ3n) is 2.39. The maximum Gasteiger partial charge on any atom is 0.338 e. The number of benzene rings is 1. The van der Waals surface area contributed by atoms with E-state index in [2.05, 4.69) is 10.6 Å². The van der Waals surface area contributed by atoms with Crippen LogP contribution in [0, 0.1) is 6.92 Å². The lowest BCUT2D eigenvalue weighted by Gasteiger charge is -2.10. The molecular formula is C12H15N3O4. The molecule has 0 bridgehead atoms. The van der Waals surface area contributed by atoms with E-state index in [1.54, 1.807) is 19.1 Å². The molecule has 0 atom stereocenters. The van der Waals surface area contributed by atoms with Gasteiger partial charge in [-0.1, -0.05) is 12.1 Å². The van der Waals surface area contributed by atoms with Crippen LogP contribution < -0.4 is 16.4 Å². The molecule has 0 radical (unpaired) electrons. The zero-order chi connectivity index (χ0) is 14.4. The van der Waals surface area contributed by atoms with Crippen LogP contribution in [0.25, 0.3) is 0 Å². The molecule has 0 spiro atoms. The Bertz CT molecular complexity index is 514. The lowest BCUT2D eigenvalue weighted by molar-refractivity contribution is -0.123. The minimum atomic E-state index is -1.13. The third kappa shape index (κ3) is 4.07. The number of hydrogen-bond donors (Lipinski definition) is 4. The van der Waals surface area contributed by atoms with Crippen LogP contribution in [0.3, 0.4) is 0 Å². The molecule has 0 aromatic heterocycles. The summed E-state index contributed by atoms with van der Waals surface area (Å²) < 4.78 is 0. The molecule has 0 saturated heterocycles. The first-order valence-corrected chi connectivity index (χ1v) is 5.55. The second-order valence-electron chi connectivity index (χ2n) is 3.83. The van der Waals surface area contributed by atoms with Gasteiger partial charge in [-0.05, 0) is 18.6 Å². The van der Waals surface area contributed by atoms with E-state index in [9.17, 15) is 14.4 Å². The molecule has 0 saturated carbocycles. The Morgan fingerprint density at radius 2 is 1.95 bits per heavy atom. The van der Waals surface area contributed by atoms with Crippen molar-refractivity contribution < 1.29 is 19.5 Å². The highest BCUT2D eigenvalue weighted by Gasteiger charge is 2.14. The molecule has 0 fully saturated rings. The minimum Gasteiger partial charge on any atom is -0.478 e. The Kier molecular flexibility index (Phi) is 5.01. The maximum absolute atomic E-state index is 11.6.